The first-order valence-electron chi connectivity index (χ1n) is 5.55. The average molecular weight is 240 g/mol. The van der Waals surface area contributed by atoms with Crippen LogP contribution in [-0.2, 0) is 4.74 Å². The van der Waals surface area contributed by atoms with Crippen molar-refractivity contribution in [1.29, 1.82) is 0 Å². The van der Waals surface area contributed by atoms with Crippen molar-refractivity contribution in [2.75, 3.05) is 13.2 Å². The molecule has 0 radical (unpaired) electrons. The summed E-state index contributed by atoms with van der Waals surface area (Å²) in [6.45, 7) is 2.58. The quantitative estimate of drug-likeness (QED) is 0.747. The van der Waals surface area contributed by atoms with Crippen molar-refractivity contribution in [1.82, 2.24) is 5.32 Å². The molecule has 0 saturated carbocycles. The Morgan fingerprint density at radius 3 is 2.82 bits per heavy atom. The van der Waals surface area contributed by atoms with Crippen molar-refractivity contribution in [2.45, 2.75) is 19.4 Å². The molecule has 0 aliphatic heterocycles. The highest BCUT2D eigenvalue weighted by Gasteiger charge is 2.12. The highest BCUT2D eigenvalue weighted by atomic mass is 19.1. The summed E-state index contributed by atoms with van der Waals surface area (Å²) in [6.07, 6.45) is -0.0527. The number of nitrogens with one attached hydrogen (secondary N) is 1. The van der Waals surface area contributed by atoms with Crippen molar-refractivity contribution in [3.05, 3.63) is 35.6 Å². The summed E-state index contributed by atoms with van der Waals surface area (Å²) >= 11 is 0. The monoisotopic (exact) mass is 240 g/mol. The minimum atomic E-state index is -0.800. The second kappa shape index (κ2) is 6.85. The third-order valence-electron chi connectivity index (χ3n) is 2.43. The van der Waals surface area contributed by atoms with E-state index in [9.17, 15) is 9.18 Å². The summed E-state index contributed by atoms with van der Waals surface area (Å²) in [7, 11) is 0. The molecule has 94 valence electrons. The van der Waals surface area contributed by atoms with Crippen LogP contribution in [0.25, 0.3) is 0 Å². The molecule has 1 unspecified atom stereocenters. The molecular weight excluding hydrogens is 223 g/mol. The van der Waals surface area contributed by atoms with E-state index in [0.717, 1.165) is 6.42 Å². The molecule has 1 aromatic rings. The van der Waals surface area contributed by atoms with E-state index in [1.165, 1.54) is 6.07 Å². The predicted octanol–water partition coefficient (Wildman–Crippen LogP) is 1.96. The van der Waals surface area contributed by atoms with E-state index in [2.05, 4.69) is 10.1 Å². The second-order valence-corrected chi connectivity index (χ2v) is 3.60. The van der Waals surface area contributed by atoms with Gasteiger partial charge in [-0.15, -0.1) is 0 Å². The number of carbonyl (C=O) groups is 1. The fraction of sp³-hybridized carbons (Fsp3) is 0.417. The molecule has 0 heterocycles. The minimum Gasteiger partial charge on any atom is -0.448 e. The maximum atomic E-state index is 13.5. The Morgan fingerprint density at radius 1 is 1.53 bits per heavy atom. The van der Waals surface area contributed by atoms with Crippen LogP contribution in [0.15, 0.2) is 24.3 Å². The molecule has 1 rings (SSSR count). The Kier molecular flexibility index (Phi) is 5.42. The second-order valence-electron chi connectivity index (χ2n) is 3.60. The summed E-state index contributed by atoms with van der Waals surface area (Å²) in [5.74, 6) is -0.234. The Labute approximate surface area is 100.0 Å². The topological polar surface area (TPSA) is 64.3 Å². The smallest absolute Gasteiger partial charge is 0.404 e. The standard InChI is InChI=1S/C12H17FN2O2/c1-2-11(15-7-8-17-12(14)16)9-5-3-4-6-10(9)13/h3-6,11,15H,2,7-8H2,1H3,(H2,14,16). The number of halogens is 1. The van der Waals surface area contributed by atoms with Gasteiger partial charge >= 0.3 is 6.09 Å². The summed E-state index contributed by atoms with van der Waals surface area (Å²) in [6, 6.07) is 6.53. The van der Waals surface area contributed by atoms with Crippen LogP contribution in [-0.4, -0.2) is 19.2 Å². The Bertz CT molecular complexity index is 371. The van der Waals surface area contributed by atoms with Crippen molar-refractivity contribution in [2.24, 2.45) is 5.73 Å². The maximum absolute atomic E-state index is 13.5. The van der Waals surface area contributed by atoms with Gasteiger partial charge in [-0.2, -0.15) is 0 Å². The molecule has 0 bridgehead atoms. The normalized spacial score (nSPS) is 12.1. The van der Waals surface area contributed by atoms with Crippen LogP contribution in [0.4, 0.5) is 9.18 Å². The lowest BCUT2D eigenvalue weighted by molar-refractivity contribution is 0.156. The van der Waals surface area contributed by atoms with Gasteiger partial charge in [0.2, 0.25) is 0 Å². The van der Waals surface area contributed by atoms with Crippen molar-refractivity contribution < 1.29 is 13.9 Å². The molecule has 3 N–H and O–H groups in total. The van der Waals surface area contributed by atoms with E-state index in [-0.39, 0.29) is 18.5 Å². The number of amides is 1. The number of carbonyl (C=O) groups excluding carboxylic acids is 1. The van der Waals surface area contributed by atoms with Crippen molar-refractivity contribution in [3.8, 4) is 0 Å². The Hall–Kier alpha value is -1.62. The van der Waals surface area contributed by atoms with E-state index in [4.69, 9.17) is 5.73 Å². The van der Waals surface area contributed by atoms with Crippen LogP contribution in [0.2, 0.25) is 0 Å². The van der Waals surface area contributed by atoms with E-state index >= 15 is 0 Å². The van der Waals surface area contributed by atoms with Gasteiger partial charge in [-0.3, -0.25) is 0 Å². The molecule has 17 heavy (non-hydrogen) atoms. The Morgan fingerprint density at radius 2 is 2.24 bits per heavy atom. The number of hydrogen-bond donors (Lipinski definition) is 2. The zero-order chi connectivity index (χ0) is 12.7. The number of rotatable bonds is 6. The molecule has 1 amide bonds. The predicted molar refractivity (Wildman–Crippen MR) is 63.0 cm³/mol. The van der Waals surface area contributed by atoms with Gasteiger partial charge in [0.25, 0.3) is 0 Å². The first-order chi connectivity index (χ1) is 8.15. The molecule has 0 aliphatic carbocycles. The molecular formula is C12H17FN2O2. The Balaban J connectivity index is 2.49. The lowest BCUT2D eigenvalue weighted by Gasteiger charge is -2.17. The highest BCUT2D eigenvalue weighted by Crippen LogP contribution is 2.19. The van der Waals surface area contributed by atoms with Crippen molar-refractivity contribution >= 4 is 6.09 Å². The van der Waals surface area contributed by atoms with Crippen LogP contribution in [0.3, 0.4) is 0 Å². The zero-order valence-corrected chi connectivity index (χ0v) is 9.78. The lowest BCUT2D eigenvalue weighted by Crippen LogP contribution is -2.27. The van der Waals surface area contributed by atoms with Gasteiger partial charge in [0, 0.05) is 18.2 Å². The number of hydrogen-bond acceptors (Lipinski definition) is 3. The third kappa shape index (κ3) is 4.40. The number of ether oxygens (including phenoxy) is 1. The van der Waals surface area contributed by atoms with E-state index in [1.54, 1.807) is 18.2 Å². The molecule has 1 atom stereocenters. The van der Waals surface area contributed by atoms with E-state index in [0.29, 0.717) is 12.1 Å². The van der Waals surface area contributed by atoms with Gasteiger partial charge in [-0.1, -0.05) is 25.1 Å². The maximum Gasteiger partial charge on any atom is 0.404 e. The van der Waals surface area contributed by atoms with Crippen molar-refractivity contribution in [3.63, 3.8) is 0 Å². The van der Waals surface area contributed by atoms with Crippen LogP contribution in [0.1, 0.15) is 24.9 Å². The van der Waals surface area contributed by atoms with E-state index < -0.39 is 6.09 Å². The highest BCUT2D eigenvalue weighted by molar-refractivity contribution is 5.64. The largest absolute Gasteiger partial charge is 0.448 e. The van der Waals surface area contributed by atoms with Crippen LogP contribution in [0.5, 0.6) is 0 Å². The first-order valence-corrected chi connectivity index (χ1v) is 5.55. The summed E-state index contributed by atoms with van der Waals surface area (Å²) < 4.78 is 18.1. The van der Waals surface area contributed by atoms with Gasteiger partial charge in [0.1, 0.15) is 12.4 Å². The van der Waals surface area contributed by atoms with Gasteiger partial charge in [0.05, 0.1) is 0 Å². The fourth-order valence-corrected chi connectivity index (χ4v) is 1.62. The molecule has 0 saturated heterocycles. The third-order valence-corrected chi connectivity index (χ3v) is 2.43. The zero-order valence-electron chi connectivity index (χ0n) is 9.78. The molecule has 0 spiro atoms. The number of nitrogens with two attached hydrogens (primary N) is 1. The molecule has 0 fully saturated rings. The fourth-order valence-electron chi connectivity index (χ4n) is 1.62. The van der Waals surface area contributed by atoms with Gasteiger partial charge in [-0.25, -0.2) is 9.18 Å². The van der Waals surface area contributed by atoms with Gasteiger partial charge in [-0.05, 0) is 12.5 Å². The summed E-state index contributed by atoms with van der Waals surface area (Å²) in [4.78, 5) is 10.3. The number of primary amides is 1. The van der Waals surface area contributed by atoms with Gasteiger partial charge < -0.3 is 15.8 Å². The molecule has 5 heteroatoms. The minimum absolute atomic E-state index is 0.0901. The van der Waals surface area contributed by atoms with E-state index in [1.807, 2.05) is 6.92 Å². The lowest BCUT2D eigenvalue weighted by atomic mass is 10.0. The van der Waals surface area contributed by atoms with Crippen LogP contribution in [0, 0.1) is 5.82 Å². The molecule has 0 aliphatic rings. The SMILES string of the molecule is CCC(NCCOC(N)=O)c1ccccc1F. The summed E-state index contributed by atoms with van der Waals surface area (Å²) in [5.41, 5.74) is 5.45. The van der Waals surface area contributed by atoms with Crippen LogP contribution >= 0.6 is 0 Å². The molecule has 0 aromatic heterocycles. The average Bonchev–Trinajstić information content (AvgIpc) is 2.30. The number of benzene rings is 1. The summed E-state index contributed by atoms with van der Waals surface area (Å²) in [5, 5.41) is 3.11. The first kappa shape index (κ1) is 13.4. The molecule has 1 aromatic carbocycles. The van der Waals surface area contributed by atoms with Crippen LogP contribution < -0.4 is 11.1 Å². The van der Waals surface area contributed by atoms with Gasteiger partial charge in [0.15, 0.2) is 0 Å². The molecule has 4 nitrogen and oxygen atoms in total.